The molecular weight excluding hydrogens is 260 g/mol. The van der Waals surface area contributed by atoms with Crippen LogP contribution in [0.3, 0.4) is 0 Å². The molecule has 1 N–H and O–H groups in total. The van der Waals surface area contributed by atoms with Gasteiger partial charge in [-0.2, -0.15) is 0 Å². The van der Waals surface area contributed by atoms with Crippen LogP contribution in [0.2, 0.25) is 0 Å². The Kier molecular flexibility index (Phi) is 3.95. The highest BCUT2D eigenvalue weighted by Crippen LogP contribution is 2.42. The Bertz CT molecular complexity index is 373. The van der Waals surface area contributed by atoms with Gasteiger partial charge >= 0.3 is 0 Å². The molecule has 2 saturated heterocycles. The smallest absolute Gasteiger partial charge is 0.223 e. The highest BCUT2D eigenvalue weighted by molar-refractivity contribution is 5.79. The van der Waals surface area contributed by atoms with Crippen molar-refractivity contribution in [2.75, 3.05) is 0 Å². The highest BCUT2D eigenvalue weighted by atomic mass is 16.1. The molecule has 1 amide bonds. The van der Waals surface area contributed by atoms with Crippen molar-refractivity contribution >= 4 is 5.91 Å². The Morgan fingerprint density at radius 2 is 1.43 bits per heavy atom. The first-order chi connectivity index (χ1) is 10.3. The Hall–Kier alpha value is -0.570. The van der Waals surface area contributed by atoms with E-state index < -0.39 is 0 Å². The van der Waals surface area contributed by atoms with E-state index in [9.17, 15) is 4.79 Å². The van der Waals surface area contributed by atoms with Crippen LogP contribution >= 0.6 is 0 Å². The summed E-state index contributed by atoms with van der Waals surface area (Å²) >= 11 is 0. The molecule has 2 aliphatic heterocycles. The van der Waals surface area contributed by atoms with Crippen molar-refractivity contribution in [3.63, 3.8) is 0 Å². The molecule has 0 radical (unpaired) electrons. The molecule has 2 saturated carbocycles. The van der Waals surface area contributed by atoms with Gasteiger partial charge in [-0.3, -0.25) is 9.69 Å². The molecule has 2 atom stereocenters. The minimum Gasteiger partial charge on any atom is -0.353 e. The summed E-state index contributed by atoms with van der Waals surface area (Å²) in [4.78, 5) is 15.3. The van der Waals surface area contributed by atoms with Crippen molar-refractivity contribution in [1.29, 1.82) is 0 Å². The maximum absolute atomic E-state index is 12.5. The fourth-order valence-electron chi connectivity index (χ4n) is 5.19. The third-order valence-electron chi connectivity index (χ3n) is 6.32. The third kappa shape index (κ3) is 2.99. The first-order valence-corrected chi connectivity index (χ1v) is 9.39. The third-order valence-corrected chi connectivity index (χ3v) is 6.32. The largest absolute Gasteiger partial charge is 0.353 e. The Morgan fingerprint density at radius 1 is 0.762 bits per heavy atom. The van der Waals surface area contributed by atoms with E-state index in [4.69, 9.17) is 0 Å². The molecular formula is C18H30N2O. The van der Waals surface area contributed by atoms with E-state index in [0.29, 0.717) is 17.9 Å². The molecule has 0 spiro atoms. The molecule has 4 aliphatic rings. The van der Waals surface area contributed by atoms with Gasteiger partial charge in [0.1, 0.15) is 0 Å². The number of carbonyl (C=O) groups excluding carboxylic acids is 1. The van der Waals surface area contributed by atoms with E-state index in [2.05, 4.69) is 10.2 Å². The topological polar surface area (TPSA) is 32.3 Å². The maximum atomic E-state index is 12.5. The van der Waals surface area contributed by atoms with Gasteiger partial charge < -0.3 is 5.32 Å². The van der Waals surface area contributed by atoms with Gasteiger partial charge in [0.15, 0.2) is 0 Å². The van der Waals surface area contributed by atoms with Gasteiger partial charge in [0.25, 0.3) is 0 Å². The van der Waals surface area contributed by atoms with Crippen LogP contribution in [-0.4, -0.2) is 35.0 Å². The van der Waals surface area contributed by atoms with E-state index in [0.717, 1.165) is 31.0 Å². The standard InChI is InChI=1S/C18H30N2O/c21-18(13-5-2-1-3-6-13)19-14-11-16-7-4-8-17(12-14)20(16)15-9-10-15/h13-17H,1-12H2,(H,19,21). The van der Waals surface area contributed by atoms with Crippen molar-refractivity contribution in [2.24, 2.45) is 5.92 Å². The summed E-state index contributed by atoms with van der Waals surface area (Å²) in [6.45, 7) is 0. The van der Waals surface area contributed by atoms with Crippen LogP contribution in [0.1, 0.15) is 77.0 Å². The SMILES string of the molecule is O=C(NC1CC2CCCC(C1)N2C1CC1)C1CCCCC1. The second-order valence-corrected chi connectivity index (χ2v) is 7.93. The van der Waals surface area contributed by atoms with Crippen LogP contribution in [-0.2, 0) is 4.79 Å². The van der Waals surface area contributed by atoms with Gasteiger partial charge in [-0.15, -0.1) is 0 Å². The number of nitrogens with one attached hydrogen (secondary N) is 1. The molecule has 4 fully saturated rings. The number of rotatable bonds is 3. The van der Waals surface area contributed by atoms with Crippen LogP contribution in [0, 0.1) is 5.92 Å². The average Bonchev–Trinajstić information content (AvgIpc) is 3.32. The molecule has 0 aromatic heterocycles. The lowest BCUT2D eigenvalue weighted by atomic mass is 9.81. The lowest BCUT2D eigenvalue weighted by molar-refractivity contribution is -0.127. The summed E-state index contributed by atoms with van der Waals surface area (Å²) in [7, 11) is 0. The van der Waals surface area contributed by atoms with E-state index in [1.165, 1.54) is 64.2 Å². The molecule has 2 unspecified atom stereocenters. The minimum absolute atomic E-state index is 0.319. The Morgan fingerprint density at radius 3 is 2.05 bits per heavy atom. The number of carbonyl (C=O) groups is 1. The number of hydrogen-bond acceptors (Lipinski definition) is 2. The molecule has 3 heteroatoms. The van der Waals surface area contributed by atoms with Gasteiger partial charge in [-0.05, 0) is 51.4 Å². The second-order valence-electron chi connectivity index (χ2n) is 7.93. The van der Waals surface area contributed by atoms with Crippen LogP contribution in [0.15, 0.2) is 0 Å². The van der Waals surface area contributed by atoms with E-state index >= 15 is 0 Å². The van der Waals surface area contributed by atoms with Gasteiger partial charge in [0.2, 0.25) is 5.91 Å². The van der Waals surface area contributed by atoms with Crippen LogP contribution < -0.4 is 5.32 Å². The van der Waals surface area contributed by atoms with Gasteiger partial charge in [-0.1, -0.05) is 25.7 Å². The Labute approximate surface area is 128 Å². The molecule has 118 valence electrons. The van der Waals surface area contributed by atoms with Gasteiger partial charge in [0, 0.05) is 30.1 Å². The van der Waals surface area contributed by atoms with Crippen molar-refractivity contribution in [2.45, 2.75) is 101 Å². The normalized spacial score (nSPS) is 38.2. The zero-order valence-electron chi connectivity index (χ0n) is 13.2. The summed E-state index contributed by atoms with van der Waals surface area (Å²) < 4.78 is 0. The minimum atomic E-state index is 0.319. The predicted octanol–water partition coefficient (Wildman–Crippen LogP) is 3.23. The molecule has 4 rings (SSSR count). The summed E-state index contributed by atoms with van der Waals surface area (Å²) in [5.41, 5.74) is 0. The maximum Gasteiger partial charge on any atom is 0.223 e. The molecule has 0 aromatic rings. The summed E-state index contributed by atoms with van der Waals surface area (Å²) in [5, 5.41) is 3.43. The van der Waals surface area contributed by atoms with Crippen LogP contribution in [0.4, 0.5) is 0 Å². The molecule has 2 bridgehead atoms. The highest BCUT2D eigenvalue weighted by Gasteiger charge is 2.45. The van der Waals surface area contributed by atoms with Crippen molar-refractivity contribution in [3.05, 3.63) is 0 Å². The second kappa shape index (κ2) is 5.91. The van der Waals surface area contributed by atoms with Crippen molar-refractivity contribution in [3.8, 4) is 0 Å². The quantitative estimate of drug-likeness (QED) is 0.865. The summed E-state index contributed by atoms with van der Waals surface area (Å²) in [6.07, 6.45) is 15.5. The Balaban J connectivity index is 1.35. The number of nitrogens with zero attached hydrogens (tertiary/aromatic N) is 1. The van der Waals surface area contributed by atoms with Gasteiger partial charge in [0.05, 0.1) is 0 Å². The van der Waals surface area contributed by atoms with E-state index in [-0.39, 0.29) is 0 Å². The zero-order chi connectivity index (χ0) is 14.2. The lowest BCUT2D eigenvalue weighted by Crippen LogP contribution is -2.58. The zero-order valence-corrected chi connectivity index (χ0v) is 13.2. The fraction of sp³-hybridized carbons (Fsp3) is 0.944. The molecule has 3 nitrogen and oxygen atoms in total. The number of fused-ring (bicyclic) bond motifs is 2. The van der Waals surface area contributed by atoms with E-state index in [1.807, 2.05) is 0 Å². The number of hydrogen-bond donors (Lipinski definition) is 1. The number of piperidine rings is 2. The van der Waals surface area contributed by atoms with Crippen molar-refractivity contribution in [1.82, 2.24) is 10.2 Å². The van der Waals surface area contributed by atoms with Gasteiger partial charge in [-0.25, -0.2) is 0 Å². The first-order valence-electron chi connectivity index (χ1n) is 9.39. The molecule has 21 heavy (non-hydrogen) atoms. The summed E-state index contributed by atoms with van der Waals surface area (Å²) in [5.74, 6) is 0.692. The lowest BCUT2D eigenvalue weighted by Gasteiger charge is -2.49. The predicted molar refractivity (Wildman–Crippen MR) is 84.0 cm³/mol. The first kappa shape index (κ1) is 14.0. The fourth-order valence-corrected chi connectivity index (χ4v) is 5.19. The van der Waals surface area contributed by atoms with Crippen LogP contribution in [0.25, 0.3) is 0 Å². The number of amides is 1. The molecule has 2 heterocycles. The molecule has 0 aromatic carbocycles. The van der Waals surface area contributed by atoms with Crippen LogP contribution in [0.5, 0.6) is 0 Å². The summed E-state index contributed by atoms with van der Waals surface area (Å²) in [6, 6.07) is 2.89. The van der Waals surface area contributed by atoms with Crippen molar-refractivity contribution < 1.29 is 4.79 Å². The molecule has 2 aliphatic carbocycles. The monoisotopic (exact) mass is 290 g/mol. The van der Waals surface area contributed by atoms with E-state index in [1.54, 1.807) is 0 Å². The average molecular weight is 290 g/mol.